The summed E-state index contributed by atoms with van der Waals surface area (Å²) in [6.45, 7) is 8.09. The number of nitrogens with zero attached hydrogens (tertiary/aromatic N) is 1. The summed E-state index contributed by atoms with van der Waals surface area (Å²) in [6.07, 6.45) is 4.66. The zero-order valence-corrected chi connectivity index (χ0v) is 13.6. The van der Waals surface area contributed by atoms with Crippen molar-refractivity contribution in [2.75, 3.05) is 19.7 Å². The van der Waals surface area contributed by atoms with Gasteiger partial charge in [-0.25, -0.2) is 0 Å². The van der Waals surface area contributed by atoms with Crippen LogP contribution < -0.4 is 4.74 Å². The molecule has 2 atom stereocenters. The van der Waals surface area contributed by atoms with Gasteiger partial charge in [0, 0.05) is 19.2 Å². The number of hydrogen-bond acceptors (Lipinski definition) is 3. The number of carbonyl (C=O) groups excluding carboxylic acids is 1. The molecule has 4 nitrogen and oxygen atoms in total. The van der Waals surface area contributed by atoms with Crippen LogP contribution in [0.15, 0.2) is 30.3 Å². The Morgan fingerprint density at radius 2 is 1.91 bits per heavy atom. The highest BCUT2D eigenvalue weighted by molar-refractivity contribution is 5.91. The van der Waals surface area contributed by atoms with Gasteiger partial charge in [0.2, 0.25) is 5.91 Å². The van der Waals surface area contributed by atoms with Gasteiger partial charge in [-0.3, -0.25) is 4.79 Å². The molecule has 0 aliphatic carbocycles. The van der Waals surface area contributed by atoms with Gasteiger partial charge in [0.15, 0.2) is 0 Å². The zero-order valence-electron chi connectivity index (χ0n) is 13.6. The van der Waals surface area contributed by atoms with Gasteiger partial charge in [0.1, 0.15) is 5.75 Å². The van der Waals surface area contributed by atoms with Crippen LogP contribution >= 0.6 is 0 Å². The number of benzene rings is 1. The Morgan fingerprint density at radius 3 is 2.50 bits per heavy atom. The van der Waals surface area contributed by atoms with Crippen LogP contribution in [0.2, 0.25) is 0 Å². The van der Waals surface area contributed by atoms with E-state index in [-0.39, 0.29) is 18.1 Å². The van der Waals surface area contributed by atoms with Gasteiger partial charge in [-0.15, -0.1) is 0 Å². The van der Waals surface area contributed by atoms with Gasteiger partial charge in [0.25, 0.3) is 0 Å². The molecule has 1 saturated heterocycles. The quantitative estimate of drug-likeness (QED) is 0.785. The van der Waals surface area contributed by atoms with E-state index in [0.717, 1.165) is 24.3 Å². The highest BCUT2D eigenvalue weighted by atomic mass is 16.5. The Labute approximate surface area is 132 Å². The third-order valence-corrected chi connectivity index (χ3v) is 3.50. The average Bonchev–Trinajstić information content (AvgIpc) is 2.50. The molecule has 1 aliphatic rings. The number of hydrogen-bond donors (Lipinski definition) is 0. The van der Waals surface area contributed by atoms with Gasteiger partial charge in [-0.1, -0.05) is 19.1 Å². The average molecular weight is 303 g/mol. The molecule has 1 aromatic carbocycles. The fraction of sp³-hybridized carbons (Fsp3) is 0.500. The van der Waals surface area contributed by atoms with E-state index in [1.807, 2.05) is 49.1 Å². The second-order valence-corrected chi connectivity index (χ2v) is 5.75. The first-order valence-corrected chi connectivity index (χ1v) is 7.93. The predicted molar refractivity (Wildman–Crippen MR) is 87.9 cm³/mol. The summed E-state index contributed by atoms with van der Waals surface area (Å²) in [4.78, 5) is 14.1. The SMILES string of the molecule is CCCOc1ccc(/C=C/C(=O)N2CC(C)OC(C)C2)cc1. The summed E-state index contributed by atoms with van der Waals surface area (Å²) >= 11 is 0. The molecule has 1 fully saturated rings. The molecular formula is C18H25NO3. The van der Waals surface area contributed by atoms with E-state index in [4.69, 9.17) is 9.47 Å². The van der Waals surface area contributed by atoms with E-state index >= 15 is 0 Å². The Hall–Kier alpha value is -1.81. The normalized spacial score (nSPS) is 22.0. The fourth-order valence-electron chi connectivity index (χ4n) is 2.53. The molecule has 0 spiro atoms. The lowest BCUT2D eigenvalue weighted by atomic mass is 10.2. The highest BCUT2D eigenvalue weighted by Gasteiger charge is 2.24. The van der Waals surface area contributed by atoms with E-state index in [9.17, 15) is 4.79 Å². The first-order chi connectivity index (χ1) is 10.6. The predicted octanol–water partition coefficient (Wildman–Crippen LogP) is 3.12. The molecular weight excluding hydrogens is 278 g/mol. The lowest BCUT2D eigenvalue weighted by Gasteiger charge is -2.34. The molecule has 2 unspecified atom stereocenters. The summed E-state index contributed by atoms with van der Waals surface area (Å²) in [5, 5.41) is 0. The van der Waals surface area contributed by atoms with E-state index < -0.39 is 0 Å². The maximum atomic E-state index is 12.2. The maximum absolute atomic E-state index is 12.2. The Balaban J connectivity index is 1.91. The topological polar surface area (TPSA) is 38.8 Å². The first-order valence-electron chi connectivity index (χ1n) is 7.93. The number of morpholine rings is 1. The molecule has 0 bridgehead atoms. The monoisotopic (exact) mass is 303 g/mol. The largest absolute Gasteiger partial charge is 0.494 e. The van der Waals surface area contributed by atoms with Gasteiger partial charge in [-0.2, -0.15) is 0 Å². The van der Waals surface area contributed by atoms with Crippen LogP contribution in [-0.4, -0.2) is 42.7 Å². The van der Waals surface area contributed by atoms with E-state index in [1.54, 1.807) is 6.08 Å². The Morgan fingerprint density at radius 1 is 1.27 bits per heavy atom. The van der Waals surface area contributed by atoms with Gasteiger partial charge in [0.05, 0.1) is 18.8 Å². The van der Waals surface area contributed by atoms with E-state index in [1.165, 1.54) is 0 Å². The van der Waals surface area contributed by atoms with Crippen LogP contribution in [0, 0.1) is 0 Å². The van der Waals surface area contributed by atoms with Crippen LogP contribution in [0.3, 0.4) is 0 Å². The maximum Gasteiger partial charge on any atom is 0.246 e. The summed E-state index contributed by atoms with van der Waals surface area (Å²) in [5.74, 6) is 0.898. The van der Waals surface area contributed by atoms with Crippen molar-refractivity contribution in [1.82, 2.24) is 4.90 Å². The molecule has 120 valence electrons. The summed E-state index contributed by atoms with van der Waals surface area (Å²) in [7, 11) is 0. The number of carbonyl (C=O) groups is 1. The van der Waals surface area contributed by atoms with Crippen molar-refractivity contribution < 1.29 is 14.3 Å². The molecule has 0 radical (unpaired) electrons. The van der Waals surface area contributed by atoms with Crippen molar-refractivity contribution in [1.29, 1.82) is 0 Å². The fourth-order valence-corrected chi connectivity index (χ4v) is 2.53. The van der Waals surface area contributed by atoms with E-state index in [0.29, 0.717) is 13.1 Å². The molecule has 1 heterocycles. The van der Waals surface area contributed by atoms with Gasteiger partial charge >= 0.3 is 0 Å². The summed E-state index contributed by atoms with van der Waals surface area (Å²) < 4.78 is 11.2. The van der Waals surface area contributed by atoms with Crippen molar-refractivity contribution in [3.63, 3.8) is 0 Å². The van der Waals surface area contributed by atoms with Crippen molar-refractivity contribution in [3.8, 4) is 5.75 Å². The van der Waals surface area contributed by atoms with Gasteiger partial charge in [-0.05, 0) is 44.0 Å². The Bertz CT molecular complexity index is 500. The minimum absolute atomic E-state index is 0.0355. The molecule has 2 rings (SSSR count). The highest BCUT2D eigenvalue weighted by Crippen LogP contribution is 2.15. The number of amides is 1. The molecule has 1 aliphatic heterocycles. The molecule has 4 heteroatoms. The van der Waals surface area contributed by atoms with Gasteiger partial charge < -0.3 is 14.4 Å². The third kappa shape index (κ3) is 4.88. The van der Waals surface area contributed by atoms with Crippen molar-refractivity contribution >= 4 is 12.0 Å². The molecule has 0 aromatic heterocycles. The minimum atomic E-state index is 0.0355. The van der Waals surface area contributed by atoms with Crippen molar-refractivity contribution in [3.05, 3.63) is 35.9 Å². The molecule has 0 saturated carbocycles. The standard InChI is InChI=1S/C18H25NO3/c1-4-11-21-17-8-5-16(6-9-17)7-10-18(20)19-12-14(2)22-15(3)13-19/h5-10,14-15H,4,11-13H2,1-3H3/b10-7+. The number of rotatable bonds is 5. The lowest BCUT2D eigenvalue weighted by molar-refractivity contribution is -0.137. The molecule has 1 amide bonds. The Kier molecular flexibility index (Phi) is 6.01. The van der Waals surface area contributed by atoms with Crippen LogP contribution in [0.5, 0.6) is 5.75 Å². The number of ether oxygens (including phenoxy) is 2. The van der Waals surface area contributed by atoms with Crippen LogP contribution in [0.1, 0.15) is 32.8 Å². The molecule has 22 heavy (non-hydrogen) atoms. The van der Waals surface area contributed by atoms with E-state index in [2.05, 4.69) is 6.92 Å². The van der Waals surface area contributed by atoms with Crippen molar-refractivity contribution in [2.45, 2.75) is 39.4 Å². The minimum Gasteiger partial charge on any atom is -0.494 e. The second-order valence-electron chi connectivity index (χ2n) is 5.75. The van der Waals surface area contributed by atoms with Crippen LogP contribution in [0.25, 0.3) is 6.08 Å². The van der Waals surface area contributed by atoms with Crippen LogP contribution in [-0.2, 0) is 9.53 Å². The first kappa shape index (κ1) is 16.6. The van der Waals surface area contributed by atoms with Crippen molar-refractivity contribution in [2.24, 2.45) is 0 Å². The molecule has 0 N–H and O–H groups in total. The zero-order chi connectivity index (χ0) is 15.9. The lowest BCUT2D eigenvalue weighted by Crippen LogP contribution is -2.47. The second kappa shape index (κ2) is 7.99. The summed E-state index contributed by atoms with van der Waals surface area (Å²) in [6, 6.07) is 7.77. The third-order valence-electron chi connectivity index (χ3n) is 3.50. The van der Waals surface area contributed by atoms with Crippen LogP contribution in [0.4, 0.5) is 0 Å². The molecule has 1 aromatic rings. The summed E-state index contributed by atoms with van der Waals surface area (Å²) in [5.41, 5.74) is 0.992. The smallest absolute Gasteiger partial charge is 0.246 e.